The zero-order valence-corrected chi connectivity index (χ0v) is 12.7. The van der Waals surface area contributed by atoms with Crippen molar-refractivity contribution in [2.45, 2.75) is 32.1 Å². The van der Waals surface area contributed by atoms with E-state index in [-0.39, 0.29) is 5.97 Å². The maximum atomic E-state index is 11.9. The van der Waals surface area contributed by atoms with Gasteiger partial charge in [-0.15, -0.1) is 0 Å². The van der Waals surface area contributed by atoms with Crippen LogP contribution in [0.5, 0.6) is 0 Å². The molecule has 4 heteroatoms. The third-order valence-electron chi connectivity index (χ3n) is 3.79. The Bertz CT molecular complexity index is 586. The lowest BCUT2D eigenvalue weighted by Gasteiger charge is -2.19. The number of rotatable bonds is 2. The van der Waals surface area contributed by atoms with Gasteiger partial charge in [0.15, 0.2) is 5.70 Å². The average molecular weight is 334 g/mol. The third-order valence-corrected chi connectivity index (χ3v) is 4.51. The van der Waals surface area contributed by atoms with Crippen LogP contribution in [-0.4, -0.2) is 11.9 Å². The molecule has 0 unspecified atom stereocenters. The Kier molecular flexibility index (Phi) is 4.01. The van der Waals surface area contributed by atoms with Gasteiger partial charge in [0, 0.05) is 10.4 Å². The number of carbonyl (C=O) groups is 1. The van der Waals surface area contributed by atoms with E-state index in [0.29, 0.717) is 17.5 Å². The standard InChI is InChI=1S/C16H16BrNO2/c17-13-9-5-4-8-12(13)10-14-16(19)20-15(18-14)11-6-2-1-3-7-11/h4-5,8-11H,1-3,6-7H2/b14-10-. The van der Waals surface area contributed by atoms with Crippen LogP contribution in [0.15, 0.2) is 39.4 Å². The molecule has 1 heterocycles. The first-order valence-electron chi connectivity index (χ1n) is 7.01. The largest absolute Gasteiger partial charge is 0.406 e. The summed E-state index contributed by atoms with van der Waals surface area (Å²) in [7, 11) is 0. The van der Waals surface area contributed by atoms with Crippen LogP contribution in [0.25, 0.3) is 6.08 Å². The number of cyclic esters (lactones) is 1. The quantitative estimate of drug-likeness (QED) is 0.597. The van der Waals surface area contributed by atoms with E-state index in [1.54, 1.807) is 6.08 Å². The van der Waals surface area contributed by atoms with E-state index < -0.39 is 0 Å². The van der Waals surface area contributed by atoms with Crippen molar-refractivity contribution in [2.75, 3.05) is 0 Å². The van der Waals surface area contributed by atoms with Gasteiger partial charge in [-0.05, 0) is 30.5 Å². The first kappa shape index (κ1) is 13.6. The molecule has 1 fully saturated rings. The zero-order chi connectivity index (χ0) is 13.9. The van der Waals surface area contributed by atoms with Crippen molar-refractivity contribution < 1.29 is 9.53 Å². The van der Waals surface area contributed by atoms with Crippen molar-refractivity contribution >= 4 is 33.9 Å². The van der Waals surface area contributed by atoms with Crippen molar-refractivity contribution in [1.29, 1.82) is 0 Å². The molecule has 1 aromatic rings. The minimum atomic E-state index is -0.332. The molecule has 0 aromatic heterocycles. The van der Waals surface area contributed by atoms with E-state index in [2.05, 4.69) is 20.9 Å². The Morgan fingerprint density at radius 1 is 1.20 bits per heavy atom. The molecule has 2 aliphatic rings. The second-order valence-corrected chi connectivity index (χ2v) is 6.08. The van der Waals surface area contributed by atoms with Crippen LogP contribution >= 0.6 is 15.9 Å². The Labute approximate surface area is 126 Å². The second-order valence-electron chi connectivity index (χ2n) is 5.23. The molecular formula is C16H16BrNO2. The van der Waals surface area contributed by atoms with E-state index in [9.17, 15) is 4.79 Å². The highest BCUT2D eigenvalue weighted by Gasteiger charge is 2.30. The van der Waals surface area contributed by atoms with Crippen LogP contribution in [0.3, 0.4) is 0 Å². The van der Waals surface area contributed by atoms with Gasteiger partial charge < -0.3 is 4.74 Å². The molecule has 0 amide bonds. The zero-order valence-electron chi connectivity index (χ0n) is 11.1. The molecule has 0 atom stereocenters. The molecular weight excluding hydrogens is 318 g/mol. The fraction of sp³-hybridized carbons (Fsp3) is 0.375. The van der Waals surface area contributed by atoms with E-state index >= 15 is 0 Å². The molecule has 3 rings (SSSR count). The number of nitrogens with zero attached hydrogens (tertiary/aromatic N) is 1. The van der Waals surface area contributed by atoms with Crippen LogP contribution in [0.2, 0.25) is 0 Å². The number of hydrogen-bond acceptors (Lipinski definition) is 3. The number of carbonyl (C=O) groups excluding carboxylic acids is 1. The molecule has 20 heavy (non-hydrogen) atoms. The summed E-state index contributed by atoms with van der Waals surface area (Å²) in [5.74, 6) is 0.604. The number of hydrogen-bond donors (Lipinski definition) is 0. The van der Waals surface area contributed by atoms with Crippen LogP contribution in [0.4, 0.5) is 0 Å². The lowest BCUT2D eigenvalue weighted by molar-refractivity contribution is -0.130. The minimum Gasteiger partial charge on any atom is -0.406 e. The first-order chi connectivity index (χ1) is 9.74. The van der Waals surface area contributed by atoms with Gasteiger partial charge in [-0.2, -0.15) is 0 Å². The maximum absolute atomic E-state index is 11.9. The summed E-state index contributed by atoms with van der Waals surface area (Å²) in [6.45, 7) is 0. The van der Waals surface area contributed by atoms with E-state index in [1.807, 2.05) is 24.3 Å². The molecule has 1 aromatic carbocycles. The highest BCUT2D eigenvalue weighted by Crippen LogP contribution is 2.29. The topological polar surface area (TPSA) is 38.7 Å². The van der Waals surface area contributed by atoms with E-state index in [1.165, 1.54) is 19.3 Å². The molecule has 0 N–H and O–H groups in total. The van der Waals surface area contributed by atoms with E-state index in [4.69, 9.17) is 4.74 Å². The molecule has 0 bridgehead atoms. The van der Waals surface area contributed by atoms with Crippen molar-refractivity contribution in [3.05, 3.63) is 40.0 Å². The smallest absolute Gasteiger partial charge is 0.363 e. The van der Waals surface area contributed by atoms with Crippen LogP contribution in [-0.2, 0) is 9.53 Å². The first-order valence-corrected chi connectivity index (χ1v) is 7.80. The number of benzene rings is 1. The maximum Gasteiger partial charge on any atom is 0.363 e. The van der Waals surface area contributed by atoms with Gasteiger partial charge in [-0.1, -0.05) is 53.4 Å². The highest BCUT2D eigenvalue weighted by molar-refractivity contribution is 9.10. The number of halogens is 1. The summed E-state index contributed by atoms with van der Waals surface area (Å²) in [6, 6.07) is 7.76. The van der Waals surface area contributed by atoms with Crippen molar-refractivity contribution in [3.63, 3.8) is 0 Å². The average Bonchev–Trinajstić information content (AvgIpc) is 2.84. The van der Waals surface area contributed by atoms with Crippen LogP contribution in [0, 0.1) is 5.92 Å². The number of esters is 1. The number of ether oxygens (including phenoxy) is 1. The Morgan fingerprint density at radius 3 is 2.70 bits per heavy atom. The summed E-state index contributed by atoms with van der Waals surface area (Å²) in [5.41, 5.74) is 1.34. The molecule has 104 valence electrons. The lowest BCUT2D eigenvalue weighted by Crippen LogP contribution is -2.19. The normalized spacial score (nSPS) is 21.9. The fourth-order valence-electron chi connectivity index (χ4n) is 2.69. The van der Waals surface area contributed by atoms with E-state index in [0.717, 1.165) is 22.9 Å². The Hall–Kier alpha value is -1.42. The Morgan fingerprint density at radius 2 is 1.95 bits per heavy atom. The fourth-order valence-corrected chi connectivity index (χ4v) is 3.09. The molecule has 1 aliphatic carbocycles. The highest BCUT2D eigenvalue weighted by atomic mass is 79.9. The van der Waals surface area contributed by atoms with Gasteiger partial charge in [-0.3, -0.25) is 0 Å². The lowest BCUT2D eigenvalue weighted by atomic mass is 9.89. The predicted octanol–water partition coefficient (Wildman–Crippen LogP) is 4.33. The summed E-state index contributed by atoms with van der Waals surface area (Å²) in [5, 5.41) is 0. The SMILES string of the molecule is O=C1OC(C2CCCCC2)=N/C1=C\c1ccccc1Br. The molecule has 1 aliphatic heterocycles. The third kappa shape index (κ3) is 2.85. The molecule has 3 nitrogen and oxygen atoms in total. The number of aliphatic imine (C=N–C) groups is 1. The van der Waals surface area contributed by atoms with Crippen molar-refractivity contribution in [2.24, 2.45) is 10.9 Å². The van der Waals surface area contributed by atoms with Gasteiger partial charge in [-0.25, -0.2) is 9.79 Å². The summed E-state index contributed by atoms with van der Waals surface area (Å²) >= 11 is 3.47. The van der Waals surface area contributed by atoms with Crippen LogP contribution in [0.1, 0.15) is 37.7 Å². The summed E-state index contributed by atoms with van der Waals surface area (Å²) in [6.07, 6.45) is 7.61. The second kappa shape index (κ2) is 5.92. The molecule has 0 spiro atoms. The summed E-state index contributed by atoms with van der Waals surface area (Å²) < 4.78 is 6.30. The van der Waals surface area contributed by atoms with Gasteiger partial charge in [0.1, 0.15) is 0 Å². The molecule has 0 saturated heterocycles. The molecule has 0 radical (unpaired) electrons. The van der Waals surface area contributed by atoms with Gasteiger partial charge >= 0.3 is 5.97 Å². The van der Waals surface area contributed by atoms with Gasteiger partial charge in [0.2, 0.25) is 5.90 Å². The predicted molar refractivity (Wildman–Crippen MR) is 82.2 cm³/mol. The van der Waals surface area contributed by atoms with Crippen molar-refractivity contribution in [1.82, 2.24) is 0 Å². The van der Waals surface area contributed by atoms with Crippen molar-refractivity contribution in [3.8, 4) is 0 Å². The Balaban J connectivity index is 1.85. The minimum absolute atomic E-state index is 0.317. The summed E-state index contributed by atoms with van der Waals surface area (Å²) in [4.78, 5) is 16.3. The molecule has 1 saturated carbocycles. The van der Waals surface area contributed by atoms with Gasteiger partial charge in [0.25, 0.3) is 0 Å². The monoisotopic (exact) mass is 333 g/mol. The van der Waals surface area contributed by atoms with Gasteiger partial charge in [0.05, 0.1) is 0 Å². The van der Waals surface area contributed by atoms with Crippen LogP contribution < -0.4 is 0 Å².